The van der Waals surface area contributed by atoms with Crippen LogP contribution in [0.15, 0.2) is 47.6 Å². The van der Waals surface area contributed by atoms with E-state index in [-0.39, 0.29) is 5.56 Å². The number of hydrazine groups is 1. The zero-order valence-corrected chi connectivity index (χ0v) is 14.4. The number of hydrazone groups is 1. The summed E-state index contributed by atoms with van der Waals surface area (Å²) in [5, 5.41) is 17.1. The smallest absolute Gasteiger partial charge is 0.321 e. The molecule has 5 N–H and O–H groups in total. The van der Waals surface area contributed by atoms with Gasteiger partial charge < -0.3 is 11.3 Å². The molecule has 0 saturated carbocycles. The second-order valence-electron chi connectivity index (χ2n) is 5.98. The Kier molecular flexibility index (Phi) is 4.75. The van der Waals surface area contributed by atoms with E-state index >= 15 is 0 Å². The van der Waals surface area contributed by atoms with E-state index < -0.39 is 11.8 Å². The van der Waals surface area contributed by atoms with E-state index in [0.717, 1.165) is 16.6 Å². The Morgan fingerprint density at radius 1 is 1.30 bits per heavy atom. The number of benzene rings is 2. The number of nitrogens with one attached hydrogen (secondary N) is 1. The van der Waals surface area contributed by atoms with E-state index in [2.05, 4.69) is 16.3 Å². The van der Waals surface area contributed by atoms with Crippen molar-refractivity contribution in [1.29, 1.82) is 5.26 Å². The van der Waals surface area contributed by atoms with E-state index in [1.165, 1.54) is 12.1 Å². The van der Waals surface area contributed by atoms with Crippen molar-refractivity contribution in [3.8, 4) is 6.07 Å². The van der Waals surface area contributed by atoms with Crippen LogP contribution in [0.2, 0.25) is 0 Å². The Bertz CT molecular complexity index is 1050. The molecule has 0 spiro atoms. The highest BCUT2D eigenvalue weighted by molar-refractivity contribution is 5.91. The summed E-state index contributed by atoms with van der Waals surface area (Å²) >= 11 is 0. The zero-order valence-electron chi connectivity index (χ0n) is 14.4. The maximum atomic E-state index is 14.6. The SMILES string of the molecule is Cc1nn(Cc2ccc(C#N)cc2)c2cc(C(F)(F)/C(=N/N)NN)ccc12. The molecule has 0 unspecified atom stereocenters. The van der Waals surface area contributed by atoms with Crippen LogP contribution in [0.1, 0.15) is 22.4 Å². The van der Waals surface area contributed by atoms with Crippen molar-refractivity contribution in [3.05, 3.63) is 64.8 Å². The van der Waals surface area contributed by atoms with Crippen LogP contribution >= 0.6 is 0 Å². The van der Waals surface area contributed by atoms with Gasteiger partial charge in [-0.25, -0.2) is 5.84 Å². The third-order valence-corrected chi connectivity index (χ3v) is 4.28. The number of rotatable bonds is 4. The number of alkyl halides is 2. The Hall–Kier alpha value is -3.51. The minimum Gasteiger partial charge on any atom is -0.321 e. The molecule has 138 valence electrons. The third kappa shape index (κ3) is 3.30. The number of fused-ring (bicyclic) bond motifs is 1. The monoisotopic (exact) mass is 369 g/mol. The molecule has 0 aliphatic rings. The molecule has 1 aromatic heterocycles. The molecule has 7 nitrogen and oxygen atoms in total. The number of amidine groups is 1. The molecule has 0 saturated heterocycles. The molecule has 27 heavy (non-hydrogen) atoms. The van der Waals surface area contributed by atoms with Gasteiger partial charge in [0.2, 0.25) is 5.84 Å². The highest BCUT2D eigenvalue weighted by Gasteiger charge is 2.39. The number of aromatic nitrogens is 2. The fourth-order valence-electron chi connectivity index (χ4n) is 2.86. The van der Waals surface area contributed by atoms with E-state index in [9.17, 15) is 8.78 Å². The summed E-state index contributed by atoms with van der Waals surface area (Å²) in [4.78, 5) is 0. The number of aryl methyl sites for hydroxylation is 1. The van der Waals surface area contributed by atoms with Gasteiger partial charge in [-0.05, 0) is 30.7 Å². The van der Waals surface area contributed by atoms with Gasteiger partial charge in [0.25, 0.3) is 0 Å². The second-order valence-corrected chi connectivity index (χ2v) is 5.98. The fourth-order valence-corrected chi connectivity index (χ4v) is 2.86. The Morgan fingerprint density at radius 3 is 2.59 bits per heavy atom. The van der Waals surface area contributed by atoms with Crippen LogP contribution in [-0.2, 0) is 12.5 Å². The standard InChI is InChI=1S/C18H17F2N7/c1-11-15-7-6-14(18(19,20)17(24-22)25-23)8-16(15)27(26-11)10-13-4-2-12(9-21)3-5-13/h2-8H,10,22-23H2,1H3,(H,24,25). The Balaban J connectivity index is 2.05. The summed E-state index contributed by atoms with van der Waals surface area (Å²) in [6.07, 6.45) is 0. The highest BCUT2D eigenvalue weighted by Crippen LogP contribution is 2.32. The summed E-state index contributed by atoms with van der Waals surface area (Å²) < 4.78 is 30.8. The van der Waals surface area contributed by atoms with Gasteiger partial charge in [0.1, 0.15) is 0 Å². The van der Waals surface area contributed by atoms with Crippen LogP contribution in [0, 0.1) is 18.3 Å². The first-order valence-corrected chi connectivity index (χ1v) is 8.00. The molecular formula is C18H17F2N7. The van der Waals surface area contributed by atoms with Gasteiger partial charge in [0.15, 0.2) is 0 Å². The molecule has 0 amide bonds. The largest absolute Gasteiger partial charge is 0.332 e. The van der Waals surface area contributed by atoms with Gasteiger partial charge >= 0.3 is 5.92 Å². The molecule has 0 bridgehead atoms. The van der Waals surface area contributed by atoms with E-state index in [0.29, 0.717) is 17.6 Å². The van der Waals surface area contributed by atoms with Crippen LogP contribution in [0.25, 0.3) is 10.9 Å². The van der Waals surface area contributed by atoms with Crippen LogP contribution in [0.5, 0.6) is 0 Å². The van der Waals surface area contributed by atoms with Gasteiger partial charge in [0, 0.05) is 10.9 Å². The number of hydrogen-bond acceptors (Lipinski definition) is 5. The average Bonchev–Trinajstić information content (AvgIpc) is 2.98. The lowest BCUT2D eigenvalue weighted by atomic mass is 10.0. The van der Waals surface area contributed by atoms with Gasteiger partial charge in [-0.2, -0.15) is 24.2 Å². The van der Waals surface area contributed by atoms with E-state index in [1.807, 2.05) is 12.3 Å². The van der Waals surface area contributed by atoms with Crippen LogP contribution < -0.4 is 17.1 Å². The fraction of sp³-hybridized carbons (Fsp3) is 0.167. The molecule has 3 rings (SSSR count). The van der Waals surface area contributed by atoms with Crippen molar-refractivity contribution in [1.82, 2.24) is 15.2 Å². The maximum Gasteiger partial charge on any atom is 0.332 e. The van der Waals surface area contributed by atoms with Gasteiger partial charge in [-0.1, -0.05) is 24.3 Å². The predicted molar refractivity (Wildman–Crippen MR) is 97.6 cm³/mol. The lowest BCUT2D eigenvalue weighted by Crippen LogP contribution is -2.43. The maximum absolute atomic E-state index is 14.6. The molecule has 0 radical (unpaired) electrons. The predicted octanol–water partition coefficient (Wildman–Crippen LogP) is 2.09. The van der Waals surface area contributed by atoms with E-state index in [4.69, 9.17) is 16.9 Å². The normalized spacial score (nSPS) is 12.2. The molecule has 0 aliphatic carbocycles. The summed E-state index contributed by atoms with van der Waals surface area (Å²) in [5.74, 6) is 5.79. The van der Waals surface area contributed by atoms with Crippen molar-refractivity contribution in [2.45, 2.75) is 19.4 Å². The molecule has 0 atom stereocenters. The first-order chi connectivity index (χ1) is 12.9. The quantitative estimate of drug-likeness (QED) is 0.282. The van der Waals surface area contributed by atoms with Crippen LogP contribution in [0.3, 0.4) is 0 Å². The minimum atomic E-state index is -3.48. The molecule has 2 aromatic carbocycles. The summed E-state index contributed by atoms with van der Waals surface area (Å²) in [5.41, 5.74) is 4.23. The van der Waals surface area contributed by atoms with Crippen molar-refractivity contribution in [3.63, 3.8) is 0 Å². The third-order valence-electron chi connectivity index (χ3n) is 4.28. The molecule has 0 fully saturated rings. The van der Waals surface area contributed by atoms with Crippen molar-refractivity contribution >= 4 is 16.7 Å². The molecule has 1 heterocycles. The highest BCUT2D eigenvalue weighted by atomic mass is 19.3. The van der Waals surface area contributed by atoms with Crippen molar-refractivity contribution in [2.24, 2.45) is 16.8 Å². The molecule has 0 aliphatic heterocycles. The number of halogens is 2. The minimum absolute atomic E-state index is 0.307. The first-order valence-electron chi connectivity index (χ1n) is 8.00. The van der Waals surface area contributed by atoms with Gasteiger partial charge in [-0.3, -0.25) is 4.68 Å². The summed E-state index contributed by atoms with van der Waals surface area (Å²) in [7, 11) is 0. The Morgan fingerprint density at radius 2 is 2.00 bits per heavy atom. The molecule has 3 aromatic rings. The number of hydrogen-bond donors (Lipinski definition) is 3. The van der Waals surface area contributed by atoms with Crippen molar-refractivity contribution in [2.75, 3.05) is 0 Å². The summed E-state index contributed by atoms with van der Waals surface area (Å²) in [6.45, 7) is 2.18. The molecular weight excluding hydrogens is 352 g/mol. The van der Waals surface area contributed by atoms with Crippen molar-refractivity contribution < 1.29 is 8.78 Å². The lowest BCUT2D eigenvalue weighted by molar-refractivity contribution is 0.0714. The van der Waals surface area contributed by atoms with Crippen LogP contribution in [0.4, 0.5) is 8.78 Å². The van der Waals surface area contributed by atoms with Gasteiger partial charge in [-0.15, -0.1) is 0 Å². The lowest BCUT2D eigenvalue weighted by Gasteiger charge is -2.18. The number of nitriles is 1. The number of nitrogens with two attached hydrogens (primary N) is 2. The average molecular weight is 369 g/mol. The first kappa shape index (κ1) is 18.3. The van der Waals surface area contributed by atoms with Crippen LogP contribution in [-0.4, -0.2) is 15.6 Å². The van der Waals surface area contributed by atoms with E-state index in [1.54, 1.807) is 35.0 Å². The van der Waals surface area contributed by atoms with Gasteiger partial charge in [0.05, 0.1) is 29.4 Å². The Labute approximate surface area is 153 Å². The topological polar surface area (TPSA) is 118 Å². The summed E-state index contributed by atoms with van der Waals surface area (Å²) in [6, 6.07) is 13.3. The number of nitrogens with zero attached hydrogens (tertiary/aromatic N) is 4. The molecule has 9 heteroatoms. The zero-order chi connectivity index (χ0) is 19.6. The second kappa shape index (κ2) is 7.01.